The maximum Gasteiger partial charge on any atom is 0.416 e. The average molecular weight is 330 g/mol. The summed E-state index contributed by atoms with van der Waals surface area (Å²) in [4.78, 5) is 1.65. The summed E-state index contributed by atoms with van der Waals surface area (Å²) >= 11 is 3.01. The number of aromatic hydroxyl groups is 1. The van der Waals surface area contributed by atoms with E-state index in [4.69, 9.17) is 5.11 Å². The second-order valence-corrected chi connectivity index (χ2v) is 6.55. The molecule has 0 aromatic heterocycles. The summed E-state index contributed by atoms with van der Waals surface area (Å²) in [6.45, 7) is 0. The fraction of sp³-hybridized carbons (Fsp3) is 0.200. The topological polar surface area (TPSA) is 20.2 Å². The summed E-state index contributed by atoms with van der Waals surface area (Å²) < 4.78 is 37.7. The zero-order valence-electron chi connectivity index (χ0n) is 10.9. The first-order valence-corrected chi connectivity index (χ1v) is 8.14. The molecule has 0 unspecified atom stereocenters. The zero-order chi connectivity index (χ0) is 15.3. The van der Waals surface area contributed by atoms with Crippen molar-refractivity contribution in [2.45, 2.75) is 16.0 Å². The highest BCUT2D eigenvalue weighted by Crippen LogP contribution is 2.32. The summed E-state index contributed by atoms with van der Waals surface area (Å²) in [5.41, 5.74) is -0.612. The van der Waals surface area contributed by atoms with Crippen LogP contribution in [0.1, 0.15) is 5.56 Å². The summed E-state index contributed by atoms with van der Waals surface area (Å²) in [5.74, 6) is 1.72. The molecule has 0 radical (unpaired) electrons. The van der Waals surface area contributed by atoms with Gasteiger partial charge in [-0.3, -0.25) is 0 Å². The highest BCUT2D eigenvalue weighted by molar-refractivity contribution is 8.03. The lowest BCUT2D eigenvalue weighted by Crippen LogP contribution is -2.04. The molecule has 1 nitrogen and oxygen atoms in total. The third-order valence-electron chi connectivity index (χ3n) is 2.62. The van der Waals surface area contributed by atoms with Crippen molar-refractivity contribution < 1.29 is 18.3 Å². The molecule has 0 atom stereocenters. The van der Waals surface area contributed by atoms with Gasteiger partial charge in [-0.25, -0.2) is 0 Å². The standard InChI is InChI=1S/C15H13F3OS2/c16-15(17,18)11-2-1-3-14(10-11)21-9-8-20-13-6-4-12(19)5-7-13/h1-7,10,19H,8-9H2. The Morgan fingerprint density at radius 3 is 2.10 bits per heavy atom. The number of alkyl halides is 3. The van der Waals surface area contributed by atoms with Gasteiger partial charge in [0.15, 0.2) is 0 Å². The number of rotatable bonds is 5. The van der Waals surface area contributed by atoms with Gasteiger partial charge in [-0.2, -0.15) is 13.2 Å². The second-order valence-electron chi connectivity index (χ2n) is 4.22. The SMILES string of the molecule is Oc1ccc(SCCSc2cccc(C(F)(F)F)c2)cc1. The normalized spacial score (nSPS) is 11.6. The van der Waals surface area contributed by atoms with Crippen molar-refractivity contribution >= 4 is 23.5 Å². The van der Waals surface area contributed by atoms with E-state index in [0.29, 0.717) is 10.6 Å². The van der Waals surface area contributed by atoms with Crippen LogP contribution in [0.15, 0.2) is 58.3 Å². The molecule has 1 N–H and O–H groups in total. The van der Waals surface area contributed by atoms with Gasteiger partial charge in [-0.1, -0.05) is 6.07 Å². The lowest BCUT2D eigenvalue weighted by atomic mass is 10.2. The van der Waals surface area contributed by atoms with Gasteiger partial charge in [0.05, 0.1) is 5.56 Å². The van der Waals surface area contributed by atoms with Crippen LogP contribution in [0.5, 0.6) is 5.75 Å². The predicted octanol–water partition coefficient (Wildman–Crippen LogP) is 5.30. The van der Waals surface area contributed by atoms with Crippen molar-refractivity contribution in [3.05, 3.63) is 54.1 Å². The van der Waals surface area contributed by atoms with E-state index in [-0.39, 0.29) is 5.75 Å². The van der Waals surface area contributed by atoms with Crippen LogP contribution in [-0.2, 0) is 6.18 Å². The van der Waals surface area contributed by atoms with Gasteiger partial charge in [-0.05, 0) is 42.5 Å². The van der Waals surface area contributed by atoms with Crippen LogP contribution in [0.25, 0.3) is 0 Å². The zero-order valence-corrected chi connectivity index (χ0v) is 12.6. The molecule has 0 bridgehead atoms. The van der Waals surface area contributed by atoms with E-state index >= 15 is 0 Å². The number of benzene rings is 2. The minimum Gasteiger partial charge on any atom is -0.508 e. The number of halogens is 3. The highest BCUT2D eigenvalue weighted by atomic mass is 32.2. The van der Waals surface area contributed by atoms with Gasteiger partial charge in [0.25, 0.3) is 0 Å². The van der Waals surface area contributed by atoms with E-state index in [1.165, 1.54) is 23.9 Å². The van der Waals surface area contributed by atoms with Crippen LogP contribution in [0, 0.1) is 0 Å². The van der Waals surface area contributed by atoms with E-state index in [0.717, 1.165) is 16.7 Å². The monoisotopic (exact) mass is 330 g/mol. The van der Waals surface area contributed by atoms with E-state index in [2.05, 4.69) is 0 Å². The molecule has 0 aliphatic carbocycles. The summed E-state index contributed by atoms with van der Waals surface area (Å²) in [7, 11) is 0. The maximum atomic E-state index is 12.6. The second kappa shape index (κ2) is 7.13. The number of hydrogen-bond acceptors (Lipinski definition) is 3. The molecule has 0 amide bonds. The summed E-state index contributed by atoms with van der Waals surface area (Å²) in [5, 5.41) is 9.16. The van der Waals surface area contributed by atoms with Crippen molar-refractivity contribution in [2.75, 3.05) is 11.5 Å². The van der Waals surface area contributed by atoms with Gasteiger partial charge < -0.3 is 5.11 Å². The Balaban J connectivity index is 1.82. The largest absolute Gasteiger partial charge is 0.508 e. The van der Waals surface area contributed by atoms with Crippen molar-refractivity contribution in [1.29, 1.82) is 0 Å². The van der Waals surface area contributed by atoms with Gasteiger partial charge >= 0.3 is 6.18 Å². The van der Waals surface area contributed by atoms with E-state index in [9.17, 15) is 13.2 Å². The summed E-state index contributed by atoms with van der Waals surface area (Å²) in [6.07, 6.45) is -4.29. The molecule has 21 heavy (non-hydrogen) atoms. The number of phenols is 1. The fourth-order valence-electron chi connectivity index (χ4n) is 1.62. The Bertz CT molecular complexity index is 582. The molecule has 0 heterocycles. The number of thioether (sulfide) groups is 2. The molecule has 0 saturated carbocycles. The highest BCUT2D eigenvalue weighted by Gasteiger charge is 2.30. The third-order valence-corrected chi connectivity index (χ3v) is 4.89. The molecule has 112 valence electrons. The van der Waals surface area contributed by atoms with Crippen molar-refractivity contribution in [3.8, 4) is 5.75 Å². The van der Waals surface area contributed by atoms with Crippen molar-refractivity contribution in [3.63, 3.8) is 0 Å². The predicted molar refractivity (Wildman–Crippen MR) is 81.0 cm³/mol. The van der Waals surface area contributed by atoms with E-state index < -0.39 is 11.7 Å². The molecular formula is C15H13F3OS2. The Kier molecular flexibility index (Phi) is 5.47. The Morgan fingerprint density at radius 1 is 0.857 bits per heavy atom. The molecule has 6 heteroatoms. The van der Waals surface area contributed by atoms with Gasteiger partial charge in [0.2, 0.25) is 0 Å². The quantitative estimate of drug-likeness (QED) is 0.594. The molecule has 0 spiro atoms. The molecule has 0 aliphatic rings. The maximum absolute atomic E-state index is 12.6. The first kappa shape index (κ1) is 16.1. The minimum atomic E-state index is -4.29. The first-order valence-electron chi connectivity index (χ1n) is 6.17. The lowest BCUT2D eigenvalue weighted by molar-refractivity contribution is -0.137. The van der Waals surface area contributed by atoms with Crippen molar-refractivity contribution in [1.82, 2.24) is 0 Å². The van der Waals surface area contributed by atoms with Gasteiger partial charge in [0.1, 0.15) is 5.75 Å². The Hall–Kier alpha value is -1.27. The molecule has 2 aromatic rings. The molecule has 0 saturated heterocycles. The molecule has 2 rings (SSSR count). The Labute approximate surface area is 129 Å². The molecular weight excluding hydrogens is 317 g/mol. The van der Waals surface area contributed by atoms with Crippen molar-refractivity contribution in [2.24, 2.45) is 0 Å². The fourth-order valence-corrected chi connectivity index (χ4v) is 3.48. The third kappa shape index (κ3) is 5.21. The van der Waals surface area contributed by atoms with E-state index in [1.807, 2.05) is 12.1 Å². The minimum absolute atomic E-state index is 0.220. The number of hydrogen-bond donors (Lipinski definition) is 1. The van der Waals surface area contributed by atoms with Gasteiger partial charge in [-0.15, -0.1) is 23.5 Å². The lowest BCUT2D eigenvalue weighted by Gasteiger charge is -2.08. The first-order chi connectivity index (χ1) is 9.95. The van der Waals surface area contributed by atoms with Gasteiger partial charge in [0, 0.05) is 21.3 Å². The van der Waals surface area contributed by atoms with Crippen LogP contribution in [0.3, 0.4) is 0 Å². The van der Waals surface area contributed by atoms with Crippen LogP contribution < -0.4 is 0 Å². The smallest absolute Gasteiger partial charge is 0.416 e. The Morgan fingerprint density at radius 2 is 1.48 bits per heavy atom. The molecule has 0 aliphatic heterocycles. The summed E-state index contributed by atoms with van der Waals surface area (Å²) in [6, 6.07) is 12.2. The van der Waals surface area contributed by atoms with Crippen LogP contribution in [0.4, 0.5) is 13.2 Å². The molecule has 0 fully saturated rings. The van der Waals surface area contributed by atoms with E-state index in [1.54, 1.807) is 30.0 Å². The average Bonchev–Trinajstić information content (AvgIpc) is 2.45. The van der Waals surface area contributed by atoms with Crippen LogP contribution in [-0.4, -0.2) is 16.6 Å². The van der Waals surface area contributed by atoms with Crippen LogP contribution in [0.2, 0.25) is 0 Å². The van der Waals surface area contributed by atoms with Crippen LogP contribution >= 0.6 is 23.5 Å². The molecule has 2 aromatic carbocycles. The number of phenolic OH excluding ortho intramolecular Hbond substituents is 1.